The third-order valence-corrected chi connectivity index (χ3v) is 4.93. The predicted molar refractivity (Wildman–Crippen MR) is 87.7 cm³/mol. The van der Waals surface area contributed by atoms with Crippen molar-refractivity contribution < 1.29 is 0 Å². The molecule has 21 heavy (non-hydrogen) atoms. The van der Waals surface area contributed by atoms with Gasteiger partial charge in [-0.2, -0.15) is 0 Å². The van der Waals surface area contributed by atoms with Gasteiger partial charge in [0.25, 0.3) is 0 Å². The van der Waals surface area contributed by atoms with E-state index in [0.29, 0.717) is 5.41 Å². The van der Waals surface area contributed by atoms with E-state index in [4.69, 9.17) is 0 Å². The third kappa shape index (κ3) is 3.30. The molecule has 4 heteroatoms. The fourth-order valence-electron chi connectivity index (χ4n) is 3.29. The number of nitrogens with one attached hydrogen (secondary N) is 2. The van der Waals surface area contributed by atoms with Crippen LogP contribution in [-0.2, 0) is 6.42 Å². The van der Waals surface area contributed by atoms with Gasteiger partial charge in [0.2, 0.25) is 0 Å². The van der Waals surface area contributed by atoms with Crippen molar-refractivity contribution in [1.82, 2.24) is 9.97 Å². The van der Waals surface area contributed by atoms with Crippen LogP contribution in [0.3, 0.4) is 0 Å². The van der Waals surface area contributed by atoms with Crippen LogP contribution in [0, 0.1) is 11.3 Å². The zero-order valence-electron chi connectivity index (χ0n) is 13.4. The van der Waals surface area contributed by atoms with E-state index in [-0.39, 0.29) is 0 Å². The average Bonchev–Trinajstić information content (AvgIpc) is 3.38. The van der Waals surface area contributed by atoms with Crippen molar-refractivity contribution in [2.75, 3.05) is 23.7 Å². The van der Waals surface area contributed by atoms with Crippen LogP contribution in [0.1, 0.15) is 57.9 Å². The quantitative estimate of drug-likeness (QED) is 0.724. The Morgan fingerprint density at radius 3 is 2.38 bits per heavy atom. The number of nitrogens with zero attached hydrogens (tertiary/aromatic N) is 2. The molecule has 0 radical (unpaired) electrons. The lowest BCUT2D eigenvalue weighted by Gasteiger charge is -2.19. The van der Waals surface area contributed by atoms with E-state index >= 15 is 0 Å². The van der Waals surface area contributed by atoms with Gasteiger partial charge in [-0.05, 0) is 49.9 Å². The highest BCUT2D eigenvalue weighted by atomic mass is 15.1. The Labute approximate surface area is 128 Å². The lowest BCUT2D eigenvalue weighted by atomic mass is 10.0. The normalized spacial score (nSPS) is 19.3. The molecule has 1 aromatic rings. The fraction of sp³-hybridized carbons (Fsp3) is 0.765. The van der Waals surface area contributed by atoms with Gasteiger partial charge in [0.15, 0.2) is 0 Å². The molecule has 0 unspecified atom stereocenters. The highest BCUT2D eigenvalue weighted by Crippen LogP contribution is 2.61. The number of rotatable bonds is 9. The summed E-state index contributed by atoms with van der Waals surface area (Å²) < 4.78 is 0. The lowest BCUT2D eigenvalue weighted by Crippen LogP contribution is -2.19. The summed E-state index contributed by atoms with van der Waals surface area (Å²) in [5, 5.41) is 7.09. The fourth-order valence-corrected chi connectivity index (χ4v) is 3.29. The van der Waals surface area contributed by atoms with Crippen molar-refractivity contribution in [3.8, 4) is 0 Å². The summed E-state index contributed by atoms with van der Waals surface area (Å²) in [6.45, 7) is 6.46. The molecule has 3 rings (SSSR count). The Kier molecular flexibility index (Phi) is 4.32. The van der Waals surface area contributed by atoms with Crippen LogP contribution >= 0.6 is 0 Å². The Hall–Kier alpha value is -1.32. The molecule has 116 valence electrons. The van der Waals surface area contributed by atoms with Crippen LogP contribution in [0.25, 0.3) is 0 Å². The Morgan fingerprint density at radius 1 is 1.10 bits per heavy atom. The van der Waals surface area contributed by atoms with Gasteiger partial charge in [-0.25, -0.2) is 9.97 Å². The number of aromatic nitrogens is 2. The van der Waals surface area contributed by atoms with E-state index in [2.05, 4.69) is 34.4 Å². The maximum Gasteiger partial charge on any atom is 0.134 e. The summed E-state index contributed by atoms with van der Waals surface area (Å²) in [4.78, 5) is 8.96. The molecule has 0 aromatic carbocycles. The van der Waals surface area contributed by atoms with Crippen LogP contribution in [0.15, 0.2) is 6.33 Å². The van der Waals surface area contributed by atoms with Crippen molar-refractivity contribution in [3.63, 3.8) is 0 Å². The van der Waals surface area contributed by atoms with Gasteiger partial charge in [0, 0.05) is 18.7 Å². The Balaban J connectivity index is 1.70. The maximum absolute atomic E-state index is 4.51. The summed E-state index contributed by atoms with van der Waals surface area (Å²) in [6.07, 6.45) is 10.6. The molecule has 0 saturated heterocycles. The first-order valence-electron chi connectivity index (χ1n) is 8.60. The smallest absolute Gasteiger partial charge is 0.134 e. The van der Waals surface area contributed by atoms with Gasteiger partial charge in [0.05, 0.1) is 0 Å². The third-order valence-electron chi connectivity index (χ3n) is 4.93. The minimum Gasteiger partial charge on any atom is -0.370 e. The predicted octanol–water partition coefficient (Wildman–Crippen LogP) is 3.85. The first-order valence-corrected chi connectivity index (χ1v) is 8.60. The highest BCUT2D eigenvalue weighted by molar-refractivity contribution is 5.57. The van der Waals surface area contributed by atoms with Crippen molar-refractivity contribution in [2.45, 2.75) is 58.8 Å². The molecule has 2 aliphatic rings. The van der Waals surface area contributed by atoms with Crippen molar-refractivity contribution in [3.05, 3.63) is 11.9 Å². The van der Waals surface area contributed by atoms with Crippen LogP contribution in [0.4, 0.5) is 11.6 Å². The van der Waals surface area contributed by atoms with E-state index in [0.717, 1.165) is 49.9 Å². The summed E-state index contributed by atoms with van der Waals surface area (Å²) in [6, 6.07) is 0. The van der Waals surface area contributed by atoms with Crippen molar-refractivity contribution in [1.29, 1.82) is 0 Å². The summed E-state index contributed by atoms with van der Waals surface area (Å²) >= 11 is 0. The molecular formula is C17H28N4. The van der Waals surface area contributed by atoms with Gasteiger partial charge in [-0.1, -0.05) is 20.3 Å². The molecule has 2 aliphatic carbocycles. The minimum atomic E-state index is 0.603. The largest absolute Gasteiger partial charge is 0.370 e. The summed E-state index contributed by atoms with van der Waals surface area (Å²) in [7, 11) is 0. The molecule has 1 heterocycles. The van der Waals surface area contributed by atoms with Crippen LogP contribution in [0.2, 0.25) is 0 Å². The van der Waals surface area contributed by atoms with Gasteiger partial charge in [-0.15, -0.1) is 0 Å². The molecule has 0 amide bonds. The Bertz CT molecular complexity index is 478. The summed E-state index contributed by atoms with van der Waals surface area (Å²) in [5.41, 5.74) is 1.87. The monoisotopic (exact) mass is 288 g/mol. The second-order valence-electron chi connectivity index (χ2n) is 6.72. The standard InChI is InChI=1S/C17H28N4/c1-3-5-14-15(18-10-4-2)20-12-21-16(14)19-11-17(8-9-17)13-6-7-13/h12-13H,3-11H2,1-2H3,(H2,18,19,20,21). The van der Waals surface area contributed by atoms with Crippen LogP contribution in [0.5, 0.6) is 0 Å². The molecule has 2 N–H and O–H groups in total. The zero-order valence-corrected chi connectivity index (χ0v) is 13.4. The van der Waals surface area contributed by atoms with Gasteiger partial charge < -0.3 is 10.6 Å². The number of anilines is 2. The topological polar surface area (TPSA) is 49.8 Å². The molecule has 1 aromatic heterocycles. The van der Waals surface area contributed by atoms with Gasteiger partial charge >= 0.3 is 0 Å². The maximum atomic E-state index is 4.51. The highest BCUT2D eigenvalue weighted by Gasteiger charge is 2.53. The number of hydrogen-bond acceptors (Lipinski definition) is 4. The molecule has 0 spiro atoms. The summed E-state index contributed by atoms with van der Waals surface area (Å²) in [5.74, 6) is 3.06. The SMILES string of the molecule is CCCNc1ncnc(NCC2(C3CC3)CC2)c1CCC. The van der Waals surface area contributed by atoms with E-state index in [9.17, 15) is 0 Å². The van der Waals surface area contributed by atoms with E-state index in [1.807, 2.05) is 0 Å². The molecule has 2 saturated carbocycles. The van der Waals surface area contributed by atoms with E-state index < -0.39 is 0 Å². The molecule has 0 aliphatic heterocycles. The number of hydrogen-bond donors (Lipinski definition) is 2. The second-order valence-corrected chi connectivity index (χ2v) is 6.72. The van der Waals surface area contributed by atoms with E-state index in [1.165, 1.54) is 31.2 Å². The van der Waals surface area contributed by atoms with Crippen molar-refractivity contribution in [2.24, 2.45) is 11.3 Å². The molecule has 4 nitrogen and oxygen atoms in total. The van der Waals surface area contributed by atoms with Crippen LogP contribution in [-0.4, -0.2) is 23.1 Å². The van der Waals surface area contributed by atoms with E-state index in [1.54, 1.807) is 6.33 Å². The first kappa shape index (κ1) is 14.6. The average molecular weight is 288 g/mol. The molecule has 0 bridgehead atoms. The molecule has 2 fully saturated rings. The molecule has 0 atom stereocenters. The van der Waals surface area contributed by atoms with Crippen LogP contribution < -0.4 is 10.6 Å². The lowest BCUT2D eigenvalue weighted by molar-refractivity contribution is 0.466. The van der Waals surface area contributed by atoms with Gasteiger partial charge in [-0.3, -0.25) is 0 Å². The van der Waals surface area contributed by atoms with Crippen molar-refractivity contribution >= 4 is 11.6 Å². The molecular weight excluding hydrogens is 260 g/mol. The van der Waals surface area contributed by atoms with Gasteiger partial charge in [0.1, 0.15) is 18.0 Å². The first-order chi connectivity index (χ1) is 10.3. The minimum absolute atomic E-state index is 0.603. The Morgan fingerprint density at radius 2 is 1.81 bits per heavy atom. The zero-order chi connectivity index (χ0) is 14.7. The second kappa shape index (κ2) is 6.20.